The van der Waals surface area contributed by atoms with Crippen molar-refractivity contribution in [1.82, 2.24) is 10.4 Å². The summed E-state index contributed by atoms with van der Waals surface area (Å²) in [6.45, 7) is 0. The molecule has 11 heteroatoms. The molecule has 2 heterocycles. The van der Waals surface area contributed by atoms with Crippen molar-refractivity contribution in [3.05, 3.63) is 58.4 Å². The highest BCUT2D eigenvalue weighted by molar-refractivity contribution is 7.22. The van der Waals surface area contributed by atoms with E-state index in [1.807, 2.05) is 24.3 Å². The quantitative estimate of drug-likeness (QED) is 0.383. The molecule has 1 saturated heterocycles. The molecule has 1 aromatic heterocycles. The summed E-state index contributed by atoms with van der Waals surface area (Å²) in [6.07, 6.45) is -0.151. The number of aromatic nitrogens is 1. The molecule has 0 aliphatic carbocycles. The standard InChI is InChI=1S/C17H12FN5O4S/c18-10-6-5-9(7-13(10)23(26)27)22-15(24)8-12(16(22)25)20-21-17-19-11-3-1-2-4-14(11)28-17/h1-7,12,20H,8H2,(H,19,21). The number of halogens is 1. The fourth-order valence-electron chi connectivity index (χ4n) is 2.87. The second-order valence-corrected chi connectivity index (χ2v) is 7.00. The predicted octanol–water partition coefficient (Wildman–Crippen LogP) is 2.59. The van der Waals surface area contributed by atoms with Crippen molar-refractivity contribution in [3.63, 3.8) is 0 Å². The Hall–Kier alpha value is -3.44. The highest BCUT2D eigenvalue weighted by atomic mass is 32.1. The Morgan fingerprint density at radius 3 is 2.79 bits per heavy atom. The van der Waals surface area contributed by atoms with Crippen LogP contribution < -0.4 is 15.8 Å². The molecule has 4 rings (SSSR count). The van der Waals surface area contributed by atoms with Crippen LogP contribution in [0.15, 0.2) is 42.5 Å². The average molecular weight is 401 g/mol. The molecule has 0 bridgehead atoms. The van der Waals surface area contributed by atoms with Gasteiger partial charge in [-0.15, -0.1) is 0 Å². The number of amides is 2. The second-order valence-electron chi connectivity index (χ2n) is 5.97. The van der Waals surface area contributed by atoms with E-state index in [0.717, 1.165) is 33.3 Å². The van der Waals surface area contributed by atoms with E-state index in [0.29, 0.717) is 5.13 Å². The number of nitro benzene ring substituents is 1. The third-order valence-corrected chi connectivity index (χ3v) is 5.13. The lowest BCUT2D eigenvalue weighted by atomic mass is 10.2. The van der Waals surface area contributed by atoms with Gasteiger partial charge in [0.15, 0.2) is 5.13 Å². The van der Waals surface area contributed by atoms with Gasteiger partial charge in [-0.1, -0.05) is 23.5 Å². The molecule has 1 atom stereocenters. The van der Waals surface area contributed by atoms with Gasteiger partial charge >= 0.3 is 5.69 Å². The van der Waals surface area contributed by atoms with E-state index >= 15 is 0 Å². The lowest BCUT2D eigenvalue weighted by Crippen LogP contribution is -2.41. The number of hydrazine groups is 1. The molecular weight excluding hydrogens is 389 g/mol. The second kappa shape index (κ2) is 6.94. The number of rotatable bonds is 5. The van der Waals surface area contributed by atoms with Crippen LogP contribution in [0.5, 0.6) is 0 Å². The number of thiazole rings is 1. The maximum Gasteiger partial charge on any atom is 0.306 e. The predicted molar refractivity (Wildman–Crippen MR) is 100 cm³/mol. The molecule has 2 N–H and O–H groups in total. The van der Waals surface area contributed by atoms with E-state index in [1.165, 1.54) is 11.3 Å². The van der Waals surface area contributed by atoms with Crippen LogP contribution in [0.3, 0.4) is 0 Å². The number of nitrogens with zero attached hydrogens (tertiary/aromatic N) is 3. The van der Waals surface area contributed by atoms with Crippen LogP contribution in [0.4, 0.5) is 20.9 Å². The van der Waals surface area contributed by atoms with Gasteiger partial charge in [0, 0.05) is 6.07 Å². The number of imide groups is 1. The van der Waals surface area contributed by atoms with Crippen molar-refractivity contribution in [2.75, 3.05) is 10.3 Å². The largest absolute Gasteiger partial charge is 0.306 e. The Labute approximate surface area is 160 Å². The summed E-state index contributed by atoms with van der Waals surface area (Å²) in [5.74, 6) is -2.19. The molecule has 1 aliphatic heterocycles. The Bertz CT molecular complexity index is 1080. The number of fused-ring (bicyclic) bond motifs is 1. The number of carbonyl (C=O) groups is 2. The third-order valence-electron chi connectivity index (χ3n) is 4.18. The number of benzene rings is 2. The number of hydrogen-bond acceptors (Lipinski definition) is 8. The van der Waals surface area contributed by atoms with Gasteiger partial charge in [0.25, 0.3) is 5.91 Å². The average Bonchev–Trinajstić information content (AvgIpc) is 3.20. The highest BCUT2D eigenvalue weighted by Gasteiger charge is 2.40. The highest BCUT2D eigenvalue weighted by Crippen LogP contribution is 2.29. The Morgan fingerprint density at radius 1 is 1.25 bits per heavy atom. The minimum Gasteiger partial charge on any atom is -0.296 e. The van der Waals surface area contributed by atoms with Gasteiger partial charge < -0.3 is 0 Å². The van der Waals surface area contributed by atoms with E-state index < -0.39 is 34.3 Å². The summed E-state index contributed by atoms with van der Waals surface area (Å²) < 4.78 is 14.5. The van der Waals surface area contributed by atoms with Crippen molar-refractivity contribution in [2.45, 2.75) is 12.5 Å². The molecule has 0 spiro atoms. The van der Waals surface area contributed by atoms with Crippen LogP contribution in [0.1, 0.15) is 6.42 Å². The Kier molecular flexibility index (Phi) is 4.45. The van der Waals surface area contributed by atoms with Gasteiger partial charge in [0.05, 0.1) is 27.2 Å². The molecule has 1 unspecified atom stereocenters. The van der Waals surface area contributed by atoms with Gasteiger partial charge in [-0.3, -0.25) is 25.1 Å². The summed E-state index contributed by atoms with van der Waals surface area (Å²) in [4.78, 5) is 40.0. The van der Waals surface area contributed by atoms with Crippen LogP contribution >= 0.6 is 11.3 Å². The molecule has 1 aliphatic rings. The maximum absolute atomic E-state index is 13.5. The zero-order valence-corrected chi connectivity index (χ0v) is 14.9. The van der Waals surface area contributed by atoms with Crippen molar-refractivity contribution in [3.8, 4) is 0 Å². The first-order valence-electron chi connectivity index (χ1n) is 8.12. The van der Waals surface area contributed by atoms with Crippen LogP contribution in [0, 0.1) is 15.9 Å². The van der Waals surface area contributed by atoms with E-state index in [9.17, 15) is 24.1 Å². The number of anilines is 2. The molecular formula is C17H12FN5O4S. The van der Waals surface area contributed by atoms with E-state index in [1.54, 1.807) is 0 Å². The fourth-order valence-corrected chi connectivity index (χ4v) is 3.70. The normalized spacial score (nSPS) is 16.8. The summed E-state index contributed by atoms with van der Waals surface area (Å²) in [5, 5.41) is 11.4. The lowest BCUT2D eigenvalue weighted by Gasteiger charge is -2.15. The van der Waals surface area contributed by atoms with Crippen LogP contribution in [0.2, 0.25) is 0 Å². The first-order chi connectivity index (χ1) is 13.4. The number of carbonyl (C=O) groups excluding carboxylic acids is 2. The summed E-state index contributed by atoms with van der Waals surface area (Å²) in [5.41, 5.74) is 5.54. The maximum atomic E-state index is 13.5. The van der Waals surface area contributed by atoms with Crippen molar-refractivity contribution < 1.29 is 18.9 Å². The number of hydrogen-bond donors (Lipinski definition) is 2. The van der Waals surface area contributed by atoms with Gasteiger partial charge in [0.1, 0.15) is 6.04 Å². The number of nitro groups is 1. The summed E-state index contributed by atoms with van der Waals surface area (Å²) >= 11 is 1.38. The zero-order valence-electron chi connectivity index (χ0n) is 14.1. The molecule has 9 nitrogen and oxygen atoms in total. The SMILES string of the molecule is O=C1CC(NNc2nc3ccccc3s2)C(=O)N1c1ccc(F)c([N+](=O)[O-])c1. The van der Waals surface area contributed by atoms with E-state index in [-0.39, 0.29) is 12.1 Å². The first kappa shape index (κ1) is 17.9. The summed E-state index contributed by atoms with van der Waals surface area (Å²) in [6, 6.07) is 9.50. The molecule has 28 heavy (non-hydrogen) atoms. The van der Waals surface area contributed by atoms with Crippen LogP contribution in [-0.2, 0) is 9.59 Å². The fraction of sp³-hybridized carbons (Fsp3) is 0.118. The minimum absolute atomic E-state index is 0.0487. The molecule has 0 radical (unpaired) electrons. The molecule has 142 valence electrons. The zero-order chi connectivity index (χ0) is 19.8. The minimum atomic E-state index is -1.04. The lowest BCUT2D eigenvalue weighted by molar-refractivity contribution is -0.387. The number of nitrogens with one attached hydrogen (secondary N) is 2. The van der Waals surface area contributed by atoms with Gasteiger partial charge in [0.2, 0.25) is 11.7 Å². The van der Waals surface area contributed by atoms with Gasteiger partial charge in [-0.2, -0.15) is 4.39 Å². The summed E-state index contributed by atoms with van der Waals surface area (Å²) in [7, 11) is 0. The molecule has 2 aromatic carbocycles. The molecule has 2 amide bonds. The topological polar surface area (TPSA) is 117 Å². The Balaban J connectivity index is 1.51. The molecule has 0 saturated carbocycles. The molecule has 1 fully saturated rings. The number of para-hydroxylation sites is 1. The van der Waals surface area contributed by atoms with Crippen molar-refractivity contribution in [1.29, 1.82) is 0 Å². The van der Waals surface area contributed by atoms with Crippen molar-refractivity contribution in [2.24, 2.45) is 0 Å². The van der Waals surface area contributed by atoms with Gasteiger partial charge in [-0.25, -0.2) is 15.3 Å². The first-order valence-corrected chi connectivity index (χ1v) is 8.93. The van der Waals surface area contributed by atoms with E-state index in [2.05, 4.69) is 15.8 Å². The van der Waals surface area contributed by atoms with E-state index in [4.69, 9.17) is 0 Å². The van der Waals surface area contributed by atoms with Crippen molar-refractivity contribution >= 4 is 49.9 Å². The smallest absolute Gasteiger partial charge is 0.296 e. The molecule has 3 aromatic rings. The van der Waals surface area contributed by atoms with Crippen LogP contribution in [-0.4, -0.2) is 27.8 Å². The van der Waals surface area contributed by atoms with Gasteiger partial charge in [-0.05, 0) is 24.3 Å². The van der Waals surface area contributed by atoms with Crippen LogP contribution in [0.25, 0.3) is 10.2 Å². The Morgan fingerprint density at radius 2 is 2.04 bits per heavy atom. The monoisotopic (exact) mass is 401 g/mol. The third kappa shape index (κ3) is 3.17.